The van der Waals surface area contributed by atoms with Crippen molar-refractivity contribution in [2.45, 2.75) is 54.9 Å². The molecule has 2 aromatic rings. The minimum absolute atomic E-state index is 0.131. The van der Waals surface area contributed by atoms with Crippen LogP contribution in [0.1, 0.15) is 54.9 Å². The van der Waals surface area contributed by atoms with Gasteiger partial charge in [0.15, 0.2) is 11.3 Å². The van der Waals surface area contributed by atoms with Crippen LogP contribution in [0.3, 0.4) is 0 Å². The molecule has 1 aliphatic rings. The van der Waals surface area contributed by atoms with Crippen LogP contribution in [0.25, 0.3) is 10.9 Å². The van der Waals surface area contributed by atoms with Gasteiger partial charge in [-0.2, -0.15) is 0 Å². The van der Waals surface area contributed by atoms with E-state index in [2.05, 4.69) is 23.7 Å². The van der Waals surface area contributed by atoms with Crippen LogP contribution in [0.15, 0.2) is 23.0 Å². The molecule has 1 fully saturated rings. The van der Waals surface area contributed by atoms with E-state index in [1.165, 1.54) is 12.5 Å². The Morgan fingerprint density at radius 1 is 1.06 bits per heavy atom. The third kappa shape index (κ3) is 9.93. The van der Waals surface area contributed by atoms with E-state index in [1.807, 2.05) is 34.6 Å². The van der Waals surface area contributed by atoms with Gasteiger partial charge in [0.05, 0.1) is 25.3 Å². The van der Waals surface area contributed by atoms with Gasteiger partial charge in [-0.1, -0.05) is 59.6 Å². The molecule has 3 rings (SSSR count). The first-order chi connectivity index (χ1) is 15.1. The van der Waals surface area contributed by atoms with Gasteiger partial charge in [-0.05, 0) is 19.1 Å². The van der Waals surface area contributed by atoms with Gasteiger partial charge in [-0.25, -0.2) is 0 Å². The second-order valence-electron chi connectivity index (χ2n) is 6.24. The molecule has 0 atom stereocenters. The monoisotopic (exact) mass is 456 g/mol. The molecule has 0 spiro atoms. The molecule has 0 unspecified atom stereocenters. The number of nitrogens with zero attached hydrogens (tertiary/aromatic N) is 1. The number of hydrogen-bond acceptors (Lipinski definition) is 5. The molecule has 0 amide bonds. The Hall–Kier alpha value is -1.76. The van der Waals surface area contributed by atoms with Crippen LogP contribution in [0.2, 0.25) is 5.02 Å². The summed E-state index contributed by atoms with van der Waals surface area (Å²) in [5, 5.41) is 0.914. The van der Waals surface area contributed by atoms with Gasteiger partial charge in [0.1, 0.15) is 17.4 Å². The molecule has 2 heterocycles. The molecule has 1 saturated heterocycles. The fourth-order valence-electron chi connectivity index (χ4n) is 2.69. The van der Waals surface area contributed by atoms with Crippen LogP contribution in [0.5, 0.6) is 11.6 Å². The third-order valence-electron chi connectivity index (χ3n) is 3.95. The van der Waals surface area contributed by atoms with Crippen molar-refractivity contribution in [1.29, 1.82) is 0 Å². The number of halogens is 1. The van der Waals surface area contributed by atoms with E-state index in [9.17, 15) is 4.79 Å². The summed E-state index contributed by atoms with van der Waals surface area (Å²) in [6.07, 6.45) is 1.25. The molecule has 31 heavy (non-hydrogen) atoms. The van der Waals surface area contributed by atoms with Gasteiger partial charge in [0.2, 0.25) is 0 Å². The highest BCUT2D eigenvalue weighted by Gasteiger charge is 2.13. The Balaban J connectivity index is 0.00000116. The predicted octanol–water partition coefficient (Wildman–Crippen LogP) is 5.76. The number of rotatable bonds is 6. The van der Waals surface area contributed by atoms with E-state index in [-0.39, 0.29) is 5.43 Å². The molecule has 0 radical (unpaired) electrons. The summed E-state index contributed by atoms with van der Waals surface area (Å²) in [7, 11) is 0. The Kier molecular flexibility index (Phi) is 16.9. The molecule has 1 aliphatic heterocycles. The van der Waals surface area contributed by atoms with Gasteiger partial charge in [0, 0.05) is 31.1 Å². The van der Waals surface area contributed by atoms with Crippen LogP contribution in [-0.4, -0.2) is 55.9 Å². The summed E-state index contributed by atoms with van der Waals surface area (Å²) < 4.78 is 16.5. The van der Waals surface area contributed by atoms with E-state index in [1.54, 1.807) is 12.1 Å². The van der Waals surface area contributed by atoms with Gasteiger partial charge < -0.3 is 19.2 Å². The van der Waals surface area contributed by atoms with Crippen molar-refractivity contribution >= 4 is 22.5 Å². The fraction of sp³-hybridized carbons (Fsp3) is 0.625. The molecular weight excluding hydrogens is 416 g/mol. The lowest BCUT2D eigenvalue weighted by molar-refractivity contribution is 0.0322. The quantitative estimate of drug-likeness (QED) is 0.598. The summed E-state index contributed by atoms with van der Waals surface area (Å²) in [6, 6.07) is 4.89. The zero-order chi connectivity index (χ0) is 23.6. The highest BCUT2D eigenvalue weighted by molar-refractivity contribution is 6.36. The molecule has 6 nitrogen and oxygen atoms in total. The van der Waals surface area contributed by atoms with Crippen LogP contribution in [0.4, 0.5) is 0 Å². The Labute approximate surface area is 192 Å². The number of nitrogens with one attached hydrogen (secondary N) is 1. The smallest absolute Gasteiger partial charge is 0.195 e. The van der Waals surface area contributed by atoms with Gasteiger partial charge >= 0.3 is 0 Å². The Morgan fingerprint density at radius 2 is 1.68 bits per heavy atom. The first-order valence-electron chi connectivity index (χ1n) is 11.5. The summed E-state index contributed by atoms with van der Waals surface area (Å²) in [6.45, 7) is 19.3. The second-order valence-corrected chi connectivity index (χ2v) is 6.62. The van der Waals surface area contributed by atoms with E-state index >= 15 is 0 Å². The summed E-state index contributed by atoms with van der Waals surface area (Å²) >= 11 is 6.42. The standard InChI is InChI=1S/C17H21ClN2O4.C3H8.2C2H6/c1-2-23-15-11-13(21)12-3-4-14(16(18)17(12)19-15)24-10-7-20-5-8-22-9-6-20;1-3-2;2*1-2/h3-4,11H,2,5-10H2,1H3,(H,19,21);3H2,1-2H3;2*1-2H3. The molecule has 0 aliphatic carbocycles. The number of morpholine rings is 1. The molecule has 0 bridgehead atoms. The third-order valence-corrected chi connectivity index (χ3v) is 4.33. The zero-order valence-corrected chi connectivity index (χ0v) is 21.1. The summed E-state index contributed by atoms with van der Waals surface area (Å²) in [4.78, 5) is 17.5. The average molecular weight is 457 g/mol. The highest BCUT2D eigenvalue weighted by atomic mass is 35.5. The second kappa shape index (κ2) is 17.9. The fourth-order valence-corrected chi connectivity index (χ4v) is 2.96. The number of H-pyrrole nitrogens is 1. The summed E-state index contributed by atoms with van der Waals surface area (Å²) in [5.74, 6) is 0.962. The van der Waals surface area contributed by atoms with Crippen molar-refractivity contribution < 1.29 is 14.2 Å². The van der Waals surface area contributed by atoms with E-state index < -0.39 is 0 Å². The lowest BCUT2D eigenvalue weighted by atomic mass is 10.2. The minimum atomic E-state index is -0.131. The van der Waals surface area contributed by atoms with Crippen molar-refractivity contribution in [3.05, 3.63) is 33.4 Å². The number of benzene rings is 1. The lowest BCUT2D eigenvalue weighted by Gasteiger charge is -2.26. The first kappa shape index (κ1) is 29.2. The maximum absolute atomic E-state index is 12.1. The first-order valence-corrected chi connectivity index (χ1v) is 11.9. The number of ether oxygens (including phenoxy) is 3. The topological polar surface area (TPSA) is 63.8 Å². The molecule has 1 N–H and O–H groups in total. The lowest BCUT2D eigenvalue weighted by Crippen LogP contribution is -2.38. The minimum Gasteiger partial charge on any atom is -0.491 e. The molecule has 178 valence electrons. The maximum atomic E-state index is 12.1. The van der Waals surface area contributed by atoms with Crippen LogP contribution in [-0.2, 0) is 4.74 Å². The van der Waals surface area contributed by atoms with E-state index in [0.29, 0.717) is 40.8 Å². The van der Waals surface area contributed by atoms with Crippen LogP contribution < -0.4 is 14.9 Å². The number of aromatic nitrogens is 1. The summed E-state index contributed by atoms with van der Waals surface area (Å²) in [5.41, 5.74) is 0.408. The van der Waals surface area contributed by atoms with Crippen LogP contribution in [0, 0.1) is 0 Å². The largest absolute Gasteiger partial charge is 0.491 e. The molecule has 1 aromatic carbocycles. The number of hydrogen-bond donors (Lipinski definition) is 1. The molecule has 7 heteroatoms. The van der Waals surface area contributed by atoms with Crippen molar-refractivity contribution in [3.8, 4) is 11.6 Å². The van der Waals surface area contributed by atoms with Gasteiger partial charge in [-0.3, -0.25) is 9.69 Å². The van der Waals surface area contributed by atoms with Crippen molar-refractivity contribution in [2.75, 3.05) is 46.1 Å². The normalized spacial score (nSPS) is 13.0. The average Bonchev–Trinajstić information content (AvgIpc) is 2.80. The maximum Gasteiger partial charge on any atom is 0.195 e. The SMILES string of the molecule is CC.CC.CCC.CCOc1cc(=O)c2ccc(OCCN3CCOCC3)c(Cl)c2[nH]1. The number of fused-ring (bicyclic) bond motifs is 1. The Bertz CT molecular complexity index is 774. The van der Waals surface area contributed by atoms with Crippen LogP contribution >= 0.6 is 11.6 Å². The van der Waals surface area contributed by atoms with Gasteiger partial charge in [-0.15, -0.1) is 0 Å². The molecule has 1 aromatic heterocycles. The van der Waals surface area contributed by atoms with Crippen molar-refractivity contribution in [2.24, 2.45) is 0 Å². The van der Waals surface area contributed by atoms with Crippen molar-refractivity contribution in [1.82, 2.24) is 9.88 Å². The van der Waals surface area contributed by atoms with E-state index in [0.717, 1.165) is 32.8 Å². The Morgan fingerprint density at radius 3 is 2.26 bits per heavy atom. The number of pyridine rings is 1. The van der Waals surface area contributed by atoms with Gasteiger partial charge in [0.25, 0.3) is 0 Å². The van der Waals surface area contributed by atoms with Crippen molar-refractivity contribution in [3.63, 3.8) is 0 Å². The number of aromatic amines is 1. The predicted molar refractivity (Wildman–Crippen MR) is 132 cm³/mol. The molecular formula is C24H41ClN2O4. The zero-order valence-electron chi connectivity index (χ0n) is 20.3. The molecule has 0 saturated carbocycles. The highest BCUT2D eigenvalue weighted by Crippen LogP contribution is 2.31. The van der Waals surface area contributed by atoms with E-state index in [4.69, 9.17) is 25.8 Å².